The van der Waals surface area contributed by atoms with Gasteiger partial charge in [-0.1, -0.05) is 12.1 Å². The summed E-state index contributed by atoms with van der Waals surface area (Å²) in [6.45, 7) is 8.08. The Bertz CT molecular complexity index is 769. The van der Waals surface area contributed by atoms with Crippen molar-refractivity contribution in [2.75, 3.05) is 25.5 Å². The Morgan fingerprint density at radius 2 is 2.20 bits per heavy atom. The predicted molar refractivity (Wildman–Crippen MR) is 97.9 cm³/mol. The molecule has 3 rings (SSSR count). The van der Waals surface area contributed by atoms with E-state index in [0.717, 1.165) is 42.3 Å². The van der Waals surface area contributed by atoms with Crippen LogP contribution in [0.5, 0.6) is 5.75 Å². The van der Waals surface area contributed by atoms with Gasteiger partial charge in [0.1, 0.15) is 5.75 Å². The lowest BCUT2D eigenvalue weighted by molar-refractivity contribution is -0.119. The van der Waals surface area contributed by atoms with Gasteiger partial charge in [0.15, 0.2) is 0 Å². The summed E-state index contributed by atoms with van der Waals surface area (Å²) < 4.78 is 7.21. The summed E-state index contributed by atoms with van der Waals surface area (Å²) in [6, 6.07) is 8.36. The van der Waals surface area contributed by atoms with E-state index in [-0.39, 0.29) is 11.9 Å². The van der Waals surface area contributed by atoms with Crippen molar-refractivity contribution in [1.29, 1.82) is 0 Å². The first-order chi connectivity index (χ1) is 12.0. The Kier molecular flexibility index (Phi) is 5.08. The zero-order valence-corrected chi connectivity index (χ0v) is 15.4. The van der Waals surface area contributed by atoms with Crippen molar-refractivity contribution >= 4 is 11.6 Å². The number of carbonyl (C=O) groups is 1. The summed E-state index contributed by atoms with van der Waals surface area (Å²) in [4.78, 5) is 14.7. The van der Waals surface area contributed by atoms with Crippen molar-refractivity contribution in [2.24, 2.45) is 0 Å². The molecule has 0 aliphatic carbocycles. The molecule has 1 amide bonds. The highest BCUT2D eigenvalue weighted by atomic mass is 16.5. The molecule has 0 radical (unpaired) electrons. The van der Waals surface area contributed by atoms with Gasteiger partial charge in [-0.25, -0.2) is 0 Å². The smallest absolute Gasteiger partial charge is 0.238 e. The van der Waals surface area contributed by atoms with Crippen LogP contribution in [0, 0.1) is 13.8 Å². The normalized spacial score (nSPS) is 17.2. The monoisotopic (exact) mass is 342 g/mol. The second-order valence-corrected chi connectivity index (χ2v) is 6.46. The van der Waals surface area contributed by atoms with E-state index in [1.807, 2.05) is 43.7 Å². The zero-order chi connectivity index (χ0) is 18.0. The Hall–Kier alpha value is -2.34. The number of nitrogens with one attached hydrogen (secondary N) is 1. The molecule has 0 spiro atoms. The maximum absolute atomic E-state index is 12.5. The number of likely N-dealkylation sites (tertiary alicyclic amines) is 1. The van der Waals surface area contributed by atoms with Crippen LogP contribution in [0.1, 0.15) is 36.3 Å². The first kappa shape index (κ1) is 17.5. The molecule has 1 saturated heterocycles. The Morgan fingerprint density at radius 3 is 2.80 bits per heavy atom. The number of rotatable bonds is 6. The quantitative estimate of drug-likeness (QED) is 0.877. The van der Waals surface area contributed by atoms with E-state index in [2.05, 4.69) is 21.4 Å². The zero-order valence-electron chi connectivity index (χ0n) is 15.4. The van der Waals surface area contributed by atoms with Gasteiger partial charge in [-0.05, 0) is 44.9 Å². The van der Waals surface area contributed by atoms with Crippen LogP contribution in [0.15, 0.2) is 24.3 Å². The number of methoxy groups -OCH3 is 1. The fourth-order valence-electron chi connectivity index (χ4n) is 3.41. The Morgan fingerprint density at radius 1 is 1.40 bits per heavy atom. The number of amides is 1. The number of ether oxygens (including phenoxy) is 1. The van der Waals surface area contributed by atoms with E-state index in [0.29, 0.717) is 6.54 Å². The second kappa shape index (κ2) is 7.27. The van der Waals surface area contributed by atoms with Crippen LogP contribution in [-0.2, 0) is 11.3 Å². The predicted octanol–water partition coefficient (Wildman–Crippen LogP) is 2.91. The summed E-state index contributed by atoms with van der Waals surface area (Å²) in [7, 11) is 1.67. The molecular weight excluding hydrogens is 316 g/mol. The average molecular weight is 342 g/mol. The van der Waals surface area contributed by atoms with Gasteiger partial charge in [0.25, 0.3) is 0 Å². The van der Waals surface area contributed by atoms with Crippen molar-refractivity contribution in [3.63, 3.8) is 0 Å². The summed E-state index contributed by atoms with van der Waals surface area (Å²) in [5, 5.41) is 7.49. The van der Waals surface area contributed by atoms with Gasteiger partial charge in [0, 0.05) is 19.1 Å². The number of nitrogens with zero attached hydrogens (tertiary/aromatic N) is 3. The molecule has 2 heterocycles. The highest BCUT2D eigenvalue weighted by molar-refractivity contribution is 5.93. The molecule has 1 fully saturated rings. The molecule has 1 N–H and O–H groups in total. The SMILES string of the molecule is CCn1nc(C)c(NC(=O)CN2CC[C@@H]2c2cccc(OC)c2)c1C. The van der Waals surface area contributed by atoms with E-state index < -0.39 is 0 Å². The fraction of sp³-hybridized carbons (Fsp3) is 0.474. The first-order valence-electron chi connectivity index (χ1n) is 8.75. The molecule has 6 nitrogen and oxygen atoms in total. The van der Waals surface area contributed by atoms with Gasteiger partial charge in [0.05, 0.1) is 30.7 Å². The Balaban J connectivity index is 1.64. The fourth-order valence-corrected chi connectivity index (χ4v) is 3.41. The third-order valence-electron chi connectivity index (χ3n) is 4.90. The largest absolute Gasteiger partial charge is 0.497 e. The van der Waals surface area contributed by atoms with E-state index in [1.54, 1.807) is 7.11 Å². The molecule has 6 heteroatoms. The molecule has 1 atom stereocenters. The van der Waals surface area contributed by atoms with Gasteiger partial charge >= 0.3 is 0 Å². The molecule has 0 saturated carbocycles. The van der Waals surface area contributed by atoms with Crippen molar-refractivity contribution < 1.29 is 9.53 Å². The van der Waals surface area contributed by atoms with E-state index in [9.17, 15) is 4.79 Å². The molecule has 1 aromatic carbocycles. The summed E-state index contributed by atoms with van der Waals surface area (Å²) in [5.41, 5.74) is 3.90. The Labute approximate surface area is 148 Å². The molecular formula is C19H26N4O2. The highest BCUT2D eigenvalue weighted by Crippen LogP contribution is 2.34. The third-order valence-corrected chi connectivity index (χ3v) is 4.90. The van der Waals surface area contributed by atoms with Crippen molar-refractivity contribution in [3.05, 3.63) is 41.2 Å². The third kappa shape index (κ3) is 3.54. The molecule has 1 aliphatic heterocycles. The minimum absolute atomic E-state index is 0.00875. The minimum Gasteiger partial charge on any atom is -0.497 e. The van der Waals surface area contributed by atoms with Gasteiger partial charge in [-0.2, -0.15) is 5.10 Å². The summed E-state index contributed by atoms with van der Waals surface area (Å²) in [5.74, 6) is 0.862. The number of carbonyl (C=O) groups excluding carboxylic acids is 1. The maximum Gasteiger partial charge on any atom is 0.238 e. The maximum atomic E-state index is 12.5. The number of hydrogen-bond acceptors (Lipinski definition) is 4. The van der Waals surface area contributed by atoms with Crippen LogP contribution in [0.2, 0.25) is 0 Å². The number of anilines is 1. The van der Waals surface area contributed by atoms with Crippen LogP contribution in [-0.4, -0.2) is 40.8 Å². The highest BCUT2D eigenvalue weighted by Gasteiger charge is 2.31. The standard InChI is InChI=1S/C19H26N4O2/c1-5-23-14(3)19(13(2)21-23)20-18(24)12-22-10-9-17(22)15-7-6-8-16(11-15)25-4/h6-8,11,17H,5,9-10,12H2,1-4H3,(H,20,24)/t17-/m1/s1. The minimum atomic E-state index is 0.00875. The van der Waals surface area contributed by atoms with Gasteiger partial charge in [-0.3, -0.25) is 14.4 Å². The average Bonchev–Trinajstić information content (AvgIpc) is 2.86. The van der Waals surface area contributed by atoms with E-state index in [1.165, 1.54) is 5.56 Å². The number of hydrogen-bond donors (Lipinski definition) is 1. The first-order valence-corrected chi connectivity index (χ1v) is 8.75. The lowest BCUT2D eigenvalue weighted by atomic mass is 9.94. The number of aryl methyl sites for hydroxylation is 2. The molecule has 0 unspecified atom stereocenters. The number of aromatic nitrogens is 2. The van der Waals surface area contributed by atoms with Crippen LogP contribution in [0.25, 0.3) is 0 Å². The number of benzene rings is 1. The van der Waals surface area contributed by atoms with E-state index in [4.69, 9.17) is 4.74 Å². The van der Waals surface area contributed by atoms with Crippen molar-refractivity contribution in [1.82, 2.24) is 14.7 Å². The van der Waals surface area contributed by atoms with Crippen molar-refractivity contribution in [3.8, 4) is 5.75 Å². The molecule has 0 bridgehead atoms. The van der Waals surface area contributed by atoms with Crippen LogP contribution < -0.4 is 10.1 Å². The van der Waals surface area contributed by atoms with Crippen LogP contribution >= 0.6 is 0 Å². The molecule has 134 valence electrons. The van der Waals surface area contributed by atoms with Gasteiger partial charge in [0.2, 0.25) is 5.91 Å². The summed E-state index contributed by atoms with van der Waals surface area (Å²) in [6.07, 6.45) is 1.06. The van der Waals surface area contributed by atoms with E-state index >= 15 is 0 Å². The molecule has 25 heavy (non-hydrogen) atoms. The van der Waals surface area contributed by atoms with Crippen molar-refractivity contribution in [2.45, 2.75) is 39.8 Å². The lowest BCUT2D eigenvalue weighted by Gasteiger charge is -2.40. The van der Waals surface area contributed by atoms with Gasteiger partial charge in [-0.15, -0.1) is 0 Å². The second-order valence-electron chi connectivity index (χ2n) is 6.46. The van der Waals surface area contributed by atoms with Gasteiger partial charge < -0.3 is 10.1 Å². The summed E-state index contributed by atoms with van der Waals surface area (Å²) >= 11 is 0. The molecule has 1 aliphatic rings. The molecule has 1 aromatic heterocycles. The topological polar surface area (TPSA) is 59.4 Å². The van der Waals surface area contributed by atoms with Crippen LogP contribution in [0.4, 0.5) is 5.69 Å². The van der Waals surface area contributed by atoms with Crippen LogP contribution in [0.3, 0.4) is 0 Å². The lowest BCUT2D eigenvalue weighted by Crippen LogP contribution is -2.45. The molecule has 2 aromatic rings.